The first-order chi connectivity index (χ1) is 11.9. The van der Waals surface area contributed by atoms with Crippen molar-refractivity contribution in [1.29, 1.82) is 0 Å². The Morgan fingerprint density at radius 3 is 2.64 bits per heavy atom. The summed E-state index contributed by atoms with van der Waals surface area (Å²) in [4.78, 5) is 15.7. The van der Waals surface area contributed by atoms with Gasteiger partial charge in [0.25, 0.3) is 5.91 Å². The van der Waals surface area contributed by atoms with Crippen molar-refractivity contribution in [3.8, 4) is 0 Å². The number of tetrazole rings is 1. The summed E-state index contributed by atoms with van der Waals surface area (Å²) in [5, 5.41) is 17.9. The first kappa shape index (κ1) is 16.5. The van der Waals surface area contributed by atoms with E-state index in [0.29, 0.717) is 0 Å². The second-order valence-electron chi connectivity index (χ2n) is 4.99. The predicted molar refractivity (Wildman–Crippen MR) is 77.0 cm³/mol. The Labute approximate surface area is 138 Å². The molecule has 0 bridgehead atoms. The van der Waals surface area contributed by atoms with E-state index in [4.69, 9.17) is 0 Å². The van der Waals surface area contributed by atoms with Gasteiger partial charge >= 0.3 is 6.18 Å². The van der Waals surface area contributed by atoms with E-state index in [1.54, 1.807) is 29.4 Å². The highest BCUT2D eigenvalue weighted by Gasteiger charge is 2.35. The molecule has 0 saturated heterocycles. The molecule has 0 aliphatic carbocycles. The highest BCUT2D eigenvalue weighted by Crippen LogP contribution is 2.26. The molecule has 0 unspecified atom stereocenters. The van der Waals surface area contributed by atoms with Crippen molar-refractivity contribution in [3.63, 3.8) is 0 Å². The molecule has 130 valence electrons. The number of aromatic nitrogens is 7. The van der Waals surface area contributed by atoms with Crippen LogP contribution >= 0.6 is 0 Å². The average molecular weight is 352 g/mol. The summed E-state index contributed by atoms with van der Waals surface area (Å²) in [6.45, 7) is 0. The fourth-order valence-electron chi connectivity index (χ4n) is 2.09. The molecule has 2 heterocycles. The highest BCUT2D eigenvalue weighted by atomic mass is 19.4. The lowest BCUT2D eigenvalue weighted by Crippen LogP contribution is -2.29. The van der Waals surface area contributed by atoms with Crippen LogP contribution in [0.3, 0.4) is 0 Å². The number of rotatable bonds is 5. The minimum Gasteiger partial charge on any atom is -0.291 e. The van der Waals surface area contributed by atoms with Gasteiger partial charge in [-0.15, -0.1) is 10.2 Å². The van der Waals surface area contributed by atoms with Crippen LogP contribution in [-0.4, -0.2) is 41.3 Å². The number of nitrogens with zero attached hydrogens (tertiary/aromatic N) is 6. The van der Waals surface area contributed by atoms with E-state index >= 15 is 0 Å². The number of hydrogen-bond donors (Lipinski definition) is 2. The maximum absolute atomic E-state index is 12.5. The van der Waals surface area contributed by atoms with Crippen molar-refractivity contribution in [2.24, 2.45) is 0 Å². The average Bonchev–Trinajstić information content (AvgIpc) is 3.24. The van der Waals surface area contributed by atoms with Crippen LogP contribution < -0.4 is 5.32 Å². The van der Waals surface area contributed by atoms with Gasteiger partial charge in [-0.2, -0.15) is 18.2 Å². The lowest BCUT2D eigenvalue weighted by Gasteiger charge is -2.15. The number of amides is 1. The van der Waals surface area contributed by atoms with E-state index in [2.05, 4.69) is 30.9 Å². The molecule has 0 aliphatic rings. The molecular weight excluding hydrogens is 341 g/mol. The van der Waals surface area contributed by atoms with Gasteiger partial charge < -0.3 is 0 Å². The molecule has 2 aromatic heterocycles. The van der Waals surface area contributed by atoms with Gasteiger partial charge in [0, 0.05) is 6.42 Å². The van der Waals surface area contributed by atoms with Crippen molar-refractivity contribution in [2.45, 2.75) is 18.6 Å². The molecule has 0 radical (unpaired) electrons. The Kier molecular flexibility index (Phi) is 4.41. The first-order valence-corrected chi connectivity index (χ1v) is 7.00. The SMILES string of the molecule is O=C(Nc1n[nH]c(C(F)(F)F)n1)[C@@H](Cc1ccccc1)n1cnnn1. The smallest absolute Gasteiger partial charge is 0.291 e. The van der Waals surface area contributed by atoms with Gasteiger partial charge in [0.1, 0.15) is 12.4 Å². The van der Waals surface area contributed by atoms with Crippen LogP contribution in [0.25, 0.3) is 0 Å². The number of benzene rings is 1. The quantitative estimate of drug-likeness (QED) is 0.714. The number of carbonyl (C=O) groups excluding carboxylic acids is 1. The van der Waals surface area contributed by atoms with Crippen LogP contribution in [0.4, 0.5) is 19.1 Å². The Hall–Kier alpha value is -3.31. The number of aromatic amines is 1. The van der Waals surface area contributed by atoms with E-state index in [0.717, 1.165) is 5.56 Å². The summed E-state index contributed by atoms with van der Waals surface area (Å²) in [5.74, 6) is -2.43. The van der Waals surface area contributed by atoms with Gasteiger partial charge in [-0.3, -0.25) is 15.2 Å². The van der Waals surface area contributed by atoms with Crippen LogP contribution in [-0.2, 0) is 17.4 Å². The van der Waals surface area contributed by atoms with Gasteiger partial charge in [-0.05, 0) is 16.0 Å². The first-order valence-electron chi connectivity index (χ1n) is 7.00. The summed E-state index contributed by atoms with van der Waals surface area (Å²) in [6.07, 6.45) is -3.21. The number of carbonyl (C=O) groups is 1. The number of alkyl halides is 3. The van der Waals surface area contributed by atoms with Crippen molar-refractivity contribution in [1.82, 2.24) is 35.4 Å². The standard InChI is InChI=1S/C13H11F3N8O/c14-13(15,16)11-19-12(21-20-11)18-10(25)9(24-7-17-22-23-24)6-8-4-2-1-3-5-8/h1-5,7,9H,6H2,(H2,18,19,20,21,25)/t9-/m1/s1. The van der Waals surface area contributed by atoms with E-state index in [-0.39, 0.29) is 6.42 Å². The molecule has 1 aromatic carbocycles. The fourth-order valence-corrected chi connectivity index (χ4v) is 2.09. The molecule has 9 nitrogen and oxygen atoms in total. The second-order valence-corrected chi connectivity index (χ2v) is 4.99. The lowest BCUT2D eigenvalue weighted by molar-refractivity contribution is -0.144. The predicted octanol–water partition coefficient (Wildman–Crippen LogP) is 1.23. The highest BCUT2D eigenvalue weighted by molar-refractivity contribution is 5.92. The van der Waals surface area contributed by atoms with Gasteiger partial charge in [-0.25, -0.2) is 4.68 Å². The van der Waals surface area contributed by atoms with Crippen LogP contribution in [0.5, 0.6) is 0 Å². The van der Waals surface area contributed by atoms with E-state index < -0.39 is 29.9 Å². The van der Waals surface area contributed by atoms with Gasteiger partial charge in [0.2, 0.25) is 11.8 Å². The largest absolute Gasteiger partial charge is 0.451 e. The molecule has 0 saturated carbocycles. The third kappa shape index (κ3) is 3.97. The Balaban J connectivity index is 1.79. The van der Waals surface area contributed by atoms with Crippen molar-refractivity contribution in [3.05, 3.63) is 48.0 Å². The van der Waals surface area contributed by atoms with Crippen molar-refractivity contribution in [2.75, 3.05) is 5.32 Å². The topological polar surface area (TPSA) is 114 Å². The van der Waals surface area contributed by atoms with E-state index in [1.807, 2.05) is 6.07 Å². The maximum atomic E-state index is 12.5. The number of anilines is 1. The number of halogens is 3. The molecular formula is C13H11F3N8O. The molecule has 2 N–H and O–H groups in total. The summed E-state index contributed by atoms with van der Waals surface area (Å²) in [7, 11) is 0. The summed E-state index contributed by atoms with van der Waals surface area (Å²) < 4.78 is 38.8. The van der Waals surface area contributed by atoms with E-state index in [9.17, 15) is 18.0 Å². The van der Waals surface area contributed by atoms with Crippen LogP contribution in [0.2, 0.25) is 0 Å². The molecule has 3 aromatic rings. The third-order valence-electron chi connectivity index (χ3n) is 3.25. The minimum atomic E-state index is -4.69. The number of H-pyrrole nitrogens is 1. The molecule has 12 heteroatoms. The zero-order valence-corrected chi connectivity index (χ0v) is 12.5. The molecule has 1 atom stereocenters. The van der Waals surface area contributed by atoms with Crippen molar-refractivity contribution < 1.29 is 18.0 Å². The molecule has 0 fully saturated rings. The molecule has 0 spiro atoms. The third-order valence-corrected chi connectivity index (χ3v) is 3.25. The number of hydrogen-bond acceptors (Lipinski definition) is 6. The minimum absolute atomic E-state index is 0.230. The maximum Gasteiger partial charge on any atom is 0.451 e. The van der Waals surface area contributed by atoms with Crippen LogP contribution in [0, 0.1) is 0 Å². The summed E-state index contributed by atoms with van der Waals surface area (Å²) >= 11 is 0. The molecule has 25 heavy (non-hydrogen) atoms. The molecule has 3 rings (SSSR count). The molecule has 0 aliphatic heterocycles. The zero-order chi connectivity index (χ0) is 17.9. The van der Waals surface area contributed by atoms with Gasteiger partial charge in [0.05, 0.1) is 0 Å². The van der Waals surface area contributed by atoms with Crippen molar-refractivity contribution >= 4 is 11.9 Å². The normalized spacial score (nSPS) is 12.8. The Bertz CT molecular complexity index is 831. The Morgan fingerprint density at radius 2 is 2.04 bits per heavy atom. The summed E-state index contributed by atoms with van der Waals surface area (Å²) in [5.41, 5.74) is 0.823. The zero-order valence-electron chi connectivity index (χ0n) is 12.5. The Morgan fingerprint density at radius 1 is 1.28 bits per heavy atom. The fraction of sp³-hybridized carbons (Fsp3) is 0.231. The number of nitrogens with one attached hydrogen (secondary N) is 2. The van der Waals surface area contributed by atoms with Gasteiger partial charge in [-0.1, -0.05) is 30.3 Å². The second kappa shape index (κ2) is 6.67. The van der Waals surface area contributed by atoms with Crippen LogP contribution in [0.1, 0.15) is 17.4 Å². The monoisotopic (exact) mass is 352 g/mol. The summed E-state index contributed by atoms with van der Waals surface area (Å²) in [6, 6.07) is 8.15. The van der Waals surface area contributed by atoms with E-state index in [1.165, 1.54) is 11.0 Å². The molecule has 1 amide bonds. The van der Waals surface area contributed by atoms with Crippen LogP contribution in [0.15, 0.2) is 36.7 Å². The lowest BCUT2D eigenvalue weighted by atomic mass is 10.1. The van der Waals surface area contributed by atoms with Gasteiger partial charge in [0.15, 0.2) is 0 Å².